The Morgan fingerprint density at radius 3 is 0.833 bits per heavy atom. The Morgan fingerprint density at radius 1 is 0.750 bits per heavy atom. The number of halogens is 1. The molecule has 0 unspecified atom stereocenters. The van der Waals surface area contributed by atoms with E-state index in [1.54, 1.807) is 0 Å². The van der Waals surface area contributed by atoms with E-state index in [1.165, 1.54) is 0 Å². The zero-order valence-electron chi connectivity index (χ0n) is 6.33. The van der Waals surface area contributed by atoms with E-state index < -0.39 is 11.9 Å². The molecule has 0 atom stereocenters. The van der Waals surface area contributed by atoms with Crippen LogP contribution in [0.1, 0.15) is 0 Å². The molecule has 0 aromatic rings. The van der Waals surface area contributed by atoms with Gasteiger partial charge in [-0.3, -0.25) is 0 Å². The molecule has 8 nitrogen and oxygen atoms in total. The van der Waals surface area contributed by atoms with Crippen molar-refractivity contribution < 1.29 is 49.6 Å². The van der Waals surface area contributed by atoms with Gasteiger partial charge in [0.05, 0.1) is 0 Å². The van der Waals surface area contributed by atoms with E-state index in [0.29, 0.717) is 0 Å². The van der Waals surface area contributed by atoms with Gasteiger partial charge in [-0.05, 0) is 0 Å². The van der Waals surface area contributed by atoms with Crippen molar-refractivity contribution in [3.05, 3.63) is 0 Å². The van der Waals surface area contributed by atoms with Crippen LogP contribution in [-0.4, -0.2) is 22.2 Å². The van der Waals surface area contributed by atoms with E-state index in [1.807, 2.05) is 0 Å². The fourth-order valence-electron chi connectivity index (χ4n) is 0. The topological polar surface area (TPSA) is 215 Å². The SMILES string of the molecule is N.N.N.N.O=C(O)C(=O)O.[Cl-].[Cr]. The molecular formula is C2H14ClCrN4O4-. The Morgan fingerprint density at radius 2 is 0.833 bits per heavy atom. The number of hydrogen-bond acceptors (Lipinski definition) is 6. The molecule has 14 N–H and O–H groups in total. The molecule has 0 heterocycles. The molecule has 0 aromatic carbocycles. The van der Waals surface area contributed by atoms with Crippen LogP contribution < -0.4 is 37.0 Å². The second-order valence-electron chi connectivity index (χ2n) is 0.610. The van der Waals surface area contributed by atoms with E-state index in [4.69, 9.17) is 19.8 Å². The van der Waals surface area contributed by atoms with Crippen molar-refractivity contribution in [2.24, 2.45) is 0 Å². The first-order chi connectivity index (χ1) is 2.64. The van der Waals surface area contributed by atoms with Crippen molar-refractivity contribution in [2.45, 2.75) is 0 Å². The Kier molecular flexibility index (Phi) is 160. The summed E-state index contributed by atoms with van der Waals surface area (Å²) in [6.07, 6.45) is 0. The maximum Gasteiger partial charge on any atom is 0.414 e. The van der Waals surface area contributed by atoms with Gasteiger partial charge in [0.25, 0.3) is 0 Å². The molecule has 0 aromatic heterocycles. The molecular weight excluding hydrogens is 231 g/mol. The number of carboxylic acid groups (broad SMARTS) is 2. The normalized spacial score (nSPS) is 3.67. The standard InChI is InChI=1S/C2H2O4.ClH.Cr.4H3N/c3-1(4)2(5)6;;;;;;/h(H,3,4)(H,5,6);1H;;4*1H3/p-1. The van der Waals surface area contributed by atoms with Crippen molar-refractivity contribution in [3.63, 3.8) is 0 Å². The van der Waals surface area contributed by atoms with Gasteiger partial charge in [-0.15, -0.1) is 0 Å². The summed E-state index contributed by atoms with van der Waals surface area (Å²) in [5, 5.41) is 14.8. The second-order valence-corrected chi connectivity index (χ2v) is 0.610. The van der Waals surface area contributed by atoms with Gasteiger partial charge in [0.1, 0.15) is 0 Å². The second kappa shape index (κ2) is 31.1. The molecule has 10 heteroatoms. The summed E-state index contributed by atoms with van der Waals surface area (Å²) >= 11 is 0. The Balaban J connectivity index is -0.00000000833. The minimum atomic E-state index is -1.82. The van der Waals surface area contributed by atoms with Gasteiger partial charge in [-0.2, -0.15) is 0 Å². The Labute approximate surface area is 86.6 Å². The molecule has 12 heavy (non-hydrogen) atoms. The number of carbonyl (C=O) groups is 2. The monoisotopic (exact) mass is 245 g/mol. The fourth-order valence-corrected chi connectivity index (χ4v) is 0. The third kappa shape index (κ3) is 54.8. The first-order valence-electron chi connectivity index (χ1n) is 1.11. The van der Waals surface area contributed by atoms with Crippen molar-refractivity contribution >= 4 is 11.9 Å². The summed E-state index contributed by atoms with van der Waals surface area (Å²) in [7, 11) is 0. The average Bonchev–Trinajstić information content (AvgIpc) is 1.36. The van der Waals surface area contributed by atoms with Crippen LogP contribution in [0.25, 0.3) is 0 Å². The van der Waals surface area contributed by atoms with Crippen LogP contribution >= 0.6 is 0 Å². The molecule has 0 rings (SSSR count). The third-order valence-electron chi connectivity index (χ3n) is 0.183. The molecule has 0 fully saturated rings. The summed E-state index contributed by atoms with van der Waals surface area (Å²) in [5.74, 6) is -3.65. The summed E-state index contributed by atoms with van der Waals surface area (Å²) in [6.45, 7) is 0. The summed E-state index contributed by atoms with van der Waals surface area (Å²) in [6, 6.07) is 0. The van der Waals surface area contributed by atoms with Gasteiger partial charge in [-0.25, -0.2) is 9.59 Å². The molecule has 0 aliphatic heterocycles. The summed E-state index contributed by atoms with van der Waals surface area (Å²) in [4.78, 5) is 18.2. The first-order valence-corrected chi connectivity index (χ1v) is 1.11. The summed E-state index contributed by atoms with van der Waals surface area (Å²) < 4.78 is 0. The van der Waals surface area contributed by atoms with Crippen LogP contribution in [0.4, 0.5) is 0 Å². The number of rotatable bonds is 0. The molecule has 0 spiro atoms. The maximum atomic E-state index is 9.10. The Bertz CT molecular complexity index is 91.1. The van der Waals surface area contributed by atoms with Crippen molar-refractivity contribution in [2.75, 3.05) is 0 Å². The molecule has 0 amide bonds. The smallest absolute Gasteiger partial charge is 0.414 e. The van der Waals surface area contributed by atoms with Crippen molar-refractivity contribution in [1.82, 2.24) is 24.6 Å². The van der Waals surface area contributed by atoms with Gasteiger partial charge >= 0.3 is 11.9 Å². The minimum absolute atomic E-state index is 0. The molecule has 0 aliphatic carbocycles. The molecule has 80 valence electrons. The zero-order chi connectivity index (χ0) is 5.15. The van der Waals surface area contributed by atoms with Crippen LogP contribution in [0.2, 0.25) is 0 Å². The first kappa shape index (κ1) is 61.6. The van der Waals surface area contributed by atoms with Gasteiger partial charge in [0.15, 0.2) is 0 Å². The molecule has 0 aliphatic rings. The van der Waals surface area contributed by atoms with E-state index in [0.717, 1.165) is 0 Å². The Hall–Kier alpha value is -0.398. The largest absolute Gasteiger partial charge is 1.00 e. The zero-order valence-corrected chi connectivity index (χ0v) is 8.36. The maximum absolute atomic E-state index is 9.10. The van der Waals surface area contributed by atoms with Crippen LogP contribution in [0, 0.1) is 0 Å². The molecule has 0 bridgehead atoms. The fraction of sp³-hybridized carbons (Fsp3) is 0. The number of carboxylic acids is 2. The number of aliphatic carboxylic acids is 2. The van der Waals surface area contributed by atoms with Gasteiger partial charge in [0.2, 0.25) is 0 Å². The van der Waals surface area contributed by atoms with Crippen LogP contribution in [-0.2, 0) is 27.0 Å². The van der Waals surface area contributed by atoms with Gasteiger partial charge in [0, 0.05) is 17.4 Å². The minimum Gasteiger partial charge on any atom is -1.00 e. The van der Waals surface area contributed by atoms with E-state index in [-0.39, 0.29) is 54.4 Å². The quantitative estimate of drug-likeness (QED) is 0.238. The van der Waals surface area contributed by atoms with Crippen LogP contribution in [0.5, 0.6) is 0 Å². The van der Waals surface area contributed by atoms with Crippen LogP contribution in [0.15, 0.2) is 0 Å². The average molecular weight is 246 g/mol. The third-order valence-corrected chi connectivity index (χ3v) is 0.183. The van der Waals surface area contributed by atoms with Crippen molar-refractivity contribution in [1.29, 1.82) is 0 Å². The van der Waals surface area contributed by atoms with E-state index in [9.17, 15) is 0 Å². The number of hydrogen-bond donors (Lipinski definition) is 6. The van der Waals surface area contributed by atoms with Gasteiger partial charge in [-0.1, -0.05) is 0 Å². The predicted octanol–water partition coefficient (Wildman–Crippen LogP) is -3.19. The van der Waals surface area contributed by atoms with Gasteiger partial charge < -0.3 is 47.2 Å². The molecule has 0 saturated heterocycles. The molecule has 0 saturated carbocycles. The molecule has 0 radical (unpaired) electrons. The van der Waals surface area contributed by atoms with E-state index in [2.05, 4.69) is 0 Å². The van der Waals surface area contributed by atoms with E-state index >= 15 is 0 Å². The predicted molar refractivity (Wildman–Crippen MR) is 35.4 cm³/mol. The summed E-state index contributed by atoms with van der Waals surface area (Å²) in [5.41, 5.74) is 0. The van der Waals surface area contributed by atoms with Crippen molar-refractivity contribution in [3.8, 4) is 0 Å². The van der Waals surface area contributed by atoms with Crippen LogP contribution in [0.3, 0.4) is 0 Å².